The van der Waals surface area contributed by atoms with Gasteiger partial charge in [-0.3, -0.25) is 0 Å². The third-order valence-electron chi connectivity index (χ3n) is 3.39. The molecule has 19 heavy (non-hydrogen) atoms. The molecule has 0 amide bonds. The normalized spacial score (nSPS) is 16.9. The molecular weight excluding hydrogens is 236 g/mol. The average Bonchev–Trinajstić information content (AvgIpc) is 2.47. The summed E-state index contributed by atoms with van der Waals surface area (Å²) in [7, 11) is 3.44. The maximum absolute atomic E-state index is 5.44. The number of methoxy groups -OCH3 is 2. The third kappa shape index (κ3) is 3.08. The molecule has 0 bridgehead atoms. The Kier molecular flexibility index (Phi) is 4.45. The van der Waals surface area contributed by atoms with Crippen LogP contribution in [0.5, 0.6) is 5.75 Å². The molecule has 1 aliphatic carbocycles. The second-order valence-electron chi connectivity index (χ2n) is 4.61. The van der Waals surface area contributed by atoms with Gasteiger partial charge in [-0.05, 0) is 43.0 Å². The number of benzene rings is 1. The van der Waals surface area contributed by atoms with Gasteiger partial charge in [-0.2, -0.15) is 0 Å². The fourth-order valence-corrected chi connectivity index (χ4v) is 2.36. The van der Waals surface area contributed by atoms with Crippen molar-refractivity contribution in [3.63, 3.8) is 0 Å². The van der Waals surface area contributed by atoms with E-state index in [4.69, 9.17) is 9.47 Å². The van der Waals surface area contributed by atoms with Gasteiger partial charge in [0.1, 0.15) is 11.5 Å². The molecule has 0 aliphatic heterocycles. The summed E-state index contributed by atoms with van der Waals surface area (Å²) in [4.78, 5) is 0. The minimum Gasteiger partial charge on any atom is -0.496 e. The van der Waals surface area contributed by atoms with E-state index in [1.165, 1.54) is 16.7 Å². The molecule has 0 atom stereocenters. The lowest BCUT2D eigenvalue weighted by molar-refractivity contribution is 0.298. The van der Waals surface area contributed by atoms with Crippen molar-refractivity contribution in [3.05, 3.63) is 65.0 Å². The van der Waals surface area contributed by atoms with Crippen molar-refractivity contribution in [3.8, 4) is 5.75 Å². The first-order valence-corrected chi connectivity index (χ1v) is 6.48. The lowest BCUT2D eigenvalue weighted by Crippen LogP contribution is -2.01. The van der Waals surface area contributed by atoms with Gasteiger partial charge in [-0.1, -0.05) is 35.9 Å². The summed E-state index contributed by atoms with van der Waals surface area (Å²) in [5.74, 6) is 1.91. The van der Waals surface area contributed by atoms with E-state index in [0.717, 1.165) is 24.4 Å². The molecule has 1 aliphatic rings. The summed E-state index contributed by atoms with van der Waals surface area (Å²) in [5.41, 5.74) is 3.80. The summed E-state index contributed by atoms with van der Waals surface area (Å²) in [6.07, 6.45) is 8.03. The lowest BCUT2D eigenvalue weighted by Gasteiger charge is -2.17. The van der Waals surface area contributed by atoms with Crippen LogP contribution in [-0.2, 0) is 11.2 Å². The van der Waals surface area contributed by atoms with E-state index in [-0.39, 0.29) is 0 Å². The Balaban J connectivity index is 2.27. The topological polar surface area (TPSA) is 18.5 Å². The molecule has 1 aromatic carbocycles. The van der Waals surface area contributed by atoms with Crippen molar-refractivity contribution in [1.82, 2.24) is 0 Å². The summed E-state index contributed by atoms with van der Waals surface area (Å²) >= 11 is 0. The van der Waals surface area contributed by atoms with Gasteiger partial charge in [0.25, 0.3) is 0 Å². The second-order valence-corrected chi connectivity index (χ2v) is 4.61. The predicted molar refractivity (Wildman–Crippen MR) is 78.2 cm³/mol. The van der Waals surface area contributed by atoms with Gasteiger partial charge in [0.2, 0.25) is 0 Å². The zero-order valence-corrected chi connectivity index (χ0v) is 11.8. The molecule has 100 valence electrons. The molecule has 0 saturated heterocycles. The smallest absolute Gasteiger partial charge is 0.122 e. The molecule has 2 nitrogen and oxygen atoms in total. The highest BCUT2D eigenvalue weighted by Gasteiger charge is 2.12. The molecule has 0 aromatic heterocycles. The van der Waals surface area contributed by atoms with Gasteiger partial charge in [0.15, 0.2) is 0 Å². The summed E-state index contributed by atoms with van der Waals surface area (Å²) in [6, 6.07) is 8.15. The number of allylic oxidation sites excluding steroid dienone is 5. The SMILES string of the molecule is COC1=CC=CCC1=C(C)Cc1ccccc1OC. The fourth-order valence-electron chi connectivity index (χ4n) is 2.36. The first-order valence-electron chi connectivity index (χ1n) is 6.48. The van der Waals surface area contributed by atoms with Crippen LogP contribution in [0.25, 0.3) is 0 Å². The highest BCUT2D eigenvalue weighted by Crippen LogP contribution is 2.28. The van der Waals surface area contributed by atoms with Crippen LogP contribution in [-0.4, -0.2) is 14.2 Å². The molecule has 0 radical (unpaired) electrons. The molecular formula is C17H20O2. The number of para-hydroxylation sites is 1. The largest absolute Gasteiger partial charge is 0.496 e. The highest BCUT2D eigenvalue weighted by atomic mass is 16.5. The van der Waals surface area contributed by atoms with Crippen molar-refractivity contribution >= 4 is 0 Å². The van der Waals surface area contributed by atoms with Crippen molar-refractivity contribution in [1.29, 1.82) is 0 Å². The second kappa shape index (κ2) is 6.28. The van der Waals surface area contributed by atoms with Crippen LogP contribution in [0.4, 0.5) is 0 Å². The minimum atomic E-state index is 0.883. The summed E-state index contributed by atoms with van der Waals surface area (Å²) in [6.45, 7) is 2.16. The Hall–Kier alpha value is -1.96. The highest BCUT2D eigenvalue weighted by molar-refractivity contribution is 5.42. The van der Waals surface area contributed by atoms with Gasteiger partial charge in [-0.15, -0.1) is 0 Å². The Bertz CT molecular complexity index is 536. The standard InChI is InChI=1S/C17H20O2/c1-13(15-9-5-7-11-17(15)19-3)12-14-8-4-6-10-16(14)18-2/h4-8,10-11H,9,12H2,1-3H3. The van der Waals surface area contributed by atoms with E-state index < -0.39 is 0 Å². The van der Waals surface area contributed by atoms with Crippen LogP contribution in [0.2, 0.25) is 0 Å². The van der Waals surface area contributed by atoms with Crippen molar-refractivity contribution in [2.24, 2.45) is 0 Å². The Morgan fingerprint density at radius 1 is 1.16 bits per heavy atom. The first kappa shape index (κ1) is 13.5. The van der Waals surface area contributed by atoms with Crippen molar-refractivity contribution < 1.29 is 9.47 Å². The molecule has 0 N–H and O–H groups in total. The molecule has 2 heteroatoms. The quantitative estimate of drug-likeness (QED) is 0.809. The van der Waals surface area contributed by atoms with Crippen molar-refractivity contribution in [2.75, 3.05) is 14.2 Å². The first-order chi connectivity index (χ1) is 9.26. The van der Waals surface area contributed by atoms with Crippen LogP contribution in [0.1, 0.15) is 18.9 Å². The summed E-state index contributed by atoms with van der Waals surface area (Å²) in [5, 5.41) is 0. The van der Waals surface area contributed by atoms with E-state index in [0.29, 0.717) is 0 Å². The Labute approximate surface area is 115 Å². The number of rotatable bonds is 4. The van der Waals surface area contributed by atoms with E-state index >= 15 is 0 Å². The van der Waals surface area contributed by atoms with Crippen LogP contribution < -0.4 is 4.74 Å². The number of hydrogen-bond acceptors (Lipinski definition) is 2. The zero-order valence-electron chi connectivity index (χ0n) is 11.8. The van der Waals surface area contributed by atoms with Gasteiger partial charge >= 0.3 is 0 Å². The van der Waals surface area contributed by atoms with Gasteiger partial charge in [0, 0.05) is 0 Å². The van der Waals surface area contributed by atoms with Gasteiger partial charge in [-0.25, -0.2) is 0 Å². The molecule has 0 saturated carbocycles. The Morgan fingerprint density at radius 2 is 1.95 bits per heavy atom. The third-order valence-corrected chi connectivity index (χ3v) is 3.39. The van der Waals surface area contributed by atoms with Gasteiger partial charge in [0.05, 0.1) is 14.2 Å². The minimum absolute atomic E-state index is 0.883. The maximum Gasteiger partial charge on any atom is 0.122 e. The molecule has 0 fully saturated rings. The van der Waals surface area contributed by atoms with Crippen LogP contribution in [0.3, 0.4) is 0 Å². The maximum atomic E-state index is 5.44. The number of ether oxygens (including phenoxy) is 2. The van der Waals surface area contributed by atoms with Crippen LogP contribution in [0.15, 0.2) is 59.4 Å². The molecule has 1 aromatic rings. The Morgan fingerprint density at radius 3 is 2.68 bits per heavy atom. The monoisotopic (exact) mass is 256 g/mol. The molecule has 0 spiro atoms. The average molecular weight is 256 g/mol. The zero-order chi connectivity index (χ0) is 13.7. The molecule has 0 unspecified atom stereocenters. The van der Waals surface area contributed by atoms with E-state index in [1.807, 2.05) is 30.4 Å². The van der Waals surface area contributed by atoms with Gasteiger partial charge < -0.3 is 9.47 Å². The lowest BCUT2D eigenvalue weighted by atomic mass is 9.95. The van der Waals surface area contributed by atoms with E-state index in [1.54, 1.807) is 14.2 Å². The molecule has 2 rings (SSSR count). The fraction of sp³-hybridized carbons (Fsp3) is 0.294. The van der Waals surface area contributed by atoms with Crippen molar-refractivity contribution in [2.45, 2.75) is 19.8 Å². The molecule has 0 heterocycles. The summed E-state index contributed by atoms with van der Waals surface area (Å²) < 4.78 is 10.8. The van der Waals surface area contributed by atoms with E-state index in [2.05, 4.69) is 19.1 Å². The van der Waals surface area contributed by atoms with Crippen LogP contribution in [0, 0.1) is 0 Å². The van der Waals surface area contributed by atoms with E-state index in [9.17, 15) is 0 Å². The predicted octanol–water partition coefficient (Wildman–Crippen LogP) is 4.04. The number of hydrogen-bond donors (Lipinski definition) is 0. The van der Waals surface area contributed by atoms with Crippen LogP contribution >= 0.6 is 0 Å².